The molecular formula is C9H21O3Tb. The first-order valence-electron chi connectivity index (χ1n) is 4.49. The Morgan fingerprint density at radius 1 is 0.615 bits per heavy atom. The van der Waals surface area contributed by atoms with E-state index < -0.39 is 0 Å². The summed E-state index contributed by atoms with van der Waals surface area (Å²) in [7, 11) is 0. The molecule has 0 bridgehead atoms. The third-order valence-electron chi connectivity index (χ3n) is 0.612. The summed E-state index contributed by atoms with van der Waals surface area (Å²) in [6, 6.07) is 0. The predicted octanol–water partition coefficient (Wildman–Crippen LogP) is -0.730. The van der Waals surface area contributed by atoms with E-state index in [-0.39, 0.29) is 58.4 Å². The number of rotatable bonds is 3. The quantitative estimate of drug-likeness (QED) is 0.682. The van der Waals surface area contributed by atoms with Gasteiger partial charge in [0.25, 0.3) is 0 Å². The normalized spacial score (nSPS) is 6.92. The van der Waals surface area contributed by atoms with Crippen LogP contribution in [0.5, 0.6) is 0 Å². The molecule has 0 heterocycles. The van der Waals surface area contributed by atoms with Gasteiger partial charge in [-0.05, 0) is 0 Å². The molecular weight excluding hydrogens is 315 g/mol. The first-order chi connectivity index (χ1) is 5.74. The van der Waals surface area contributed by atoms with Gasteiger partial charge in [-0.2, -0.15) is 0 Å². The van der Waals surface area contributed by atoms with Gasteiger partial charge in [0, 0.05) is 0 Å². The molecule has 0 aliphatic rings. The fraction of sp³-hybridized carbons (Fsp3) is 1.00. The summed E-state index contributed by atoms with van der Waals surface area (Å²) in [5.74, 6) is 0. The van der Waals surface area contributed by atoms with Crippen molar-refractivity contribution in [2.45, 2.75) is 40.0 Å². The van der Waals surface area contributed by atoms with E-state index in [2.05, 4.69) is 0 Å². The molecule has 0 N–H and O–H groups in total. The van der Waals surface area contributed by atoms with Gasteiger partial charge in [-0.25, -0.2) is 0 Å². The Morgan fingerprint density at radius 3 is 0.692 bits per heavy atom. The minimum Gasteiger partial charge on any atom is -0.854 e. The van der Waals surface area contributed by atoms with Crippen molar-refractivity contribution in [3.63, 3.8) is 0 Å². The Labute approximate surface area is 113 Å². The third-order valence-corrected chi connectivity index (χ3v) is 0.612. The fourth-order valence-corrected chi connectivity index (χ4v) is 0. The summed E-state index contributed by atoms with van der Waals surface area (Å²) in [5.41, 5.74) is 0. The Morgan fingerprint density at radius 2 is 0.692 bits per heavy atom. The third kappa shape index (κ3) is 94.6. The van der Waals surface area contributed by atoms with Crippen molar-refractivity contribution in [2.24, 2.45) is 0 Å². The molecule has 13 heavy (non-hydrogen) atoms. The molecule has 0 amide bonds. The van der Waals surface area contributed by atoms with Gasteiger partial charge in [-0.1, -0.05) is 40.0 Å². The van der Waals surface area contributed by atoms with Crippen molar-refractivity contribution in [3.05, 3.63) is 0 Å². The Balaban J connectivity index is -0.0000000450. The summed E-state index contributed by atoms with van der Waals surface area (Å²) in [5, 5.41) is 27.9. The molecule has 4 heteroatoms. The molecule has 0 aromatic heterocycles. The van der Waals surface area contributed by atoms with Crippen LogP contribution in [0.3, 0.4) is 0 Å². The maximum absolute atomic E-state index is 9.30. The van der Waals surface area contributed by atoms with Crippen molar-refractivity contribution in [2.75, 3.05) is 19.8 Å². The van der Waals surface area contributed by atoms with Crippen molar-refractivity contribution in [3.8, 4) is 0 Å². The van der Waals surface area contributed by atoms with Crippen molar-refractivity contribution in [1.82, 2.24) is 0 Å². The van der Waals surface area contributed by atoms with Crippen LogP contribution in [-0.2, 0) is 0 Å². The molecule has 0 atom stereocenters. The second kappa shape index (κ2) is 37.9. The maximum Gasteiger partial charge on any atom is 3.00 e. The molecule has 0 unspecified atom stereocenters. The minimum absolute atomic E-state index is 0. The van der Waals surface area contributed by atoms with Gasteiger partial charge in [-0.15, -0.1) is 19.8 Å². The van der Waals surface area contributed by atoms with E-state index in [1.165, 1.54) is 0 Å². The van der Waals surface area contributed by atoms with Crippen molar-refractivity contribution < 1.29 is 53.9 Å². The zero-order valence-electron chi connectivity index (χ0n) is 8.80. The van der Waals surface area contributed by atoms with Crippen LogP contribution in [0.2, 0.25) is 0 Å². The number of hydrogen-bond acceptors (Lipinski definition) is 3. The Hall–Kier alpha value is 1.17. The average Bonchev–Trinajstić information content (AvgIpc) is 2.18. The fourth-order valence-electron chi connectivity index (χ4n) is 0. The first kappa shape index (κ1) is 23.8. The summed E-state index contributed by atoms with van der Waals surface area (Å²) in [6.45, 7) is 5.81. The second-order valence-electron chi connectivity index (χ2n) is 2.11. The van der Waals surface area contributed by atoms with Crippen LogP contribution >= 0.6 is 0 Å². The van der Waals surface area contributed by atoms with Gasteiger partial charge >= 0.3 is 38.6 Å². The van der Waals surface area contributed by atoms with E-state index in [0.717, 1.165) is 19.3 Å². The molecule has 0 aromatic carbocycles. The van der Waals surface area contributed by atoms with Crippen LogP contribution in [-0.4, -0.2) is 19.8 Å². The molecule has 0 rings (SSSR count). The predicted molar refractivity (Wildman–Crippen MR) is 45.5 cm³/mol. The molecule has 0 saturated heterocycles. The number of hydrogen-bond donors (Lipinski definition) is 0. The Kier molecular flexibility index (Phi) is 69.4. The van der Waals surface area contributed by atoms with Gasteiger partial charge in [0.05, 0.1) is 0 Å². The van der Waals surface area contributed by atoms with Gasteiger partial charge in [-0.3, -0.25) is 0 Å². The molecule has 0 aliphatic heterocycles. The summed E-state index contributed by atoms with van der Waals surface area (Å²) < 4.78 is 0. The molecule has 3 nitrogen and oxygen atoms in total. The van der Waals surface area contributed by atoms with E-state index in [1.807, 2.05) is 20.8 Å². The van der Waals surface area contributed by atoms with Crippen LogP contribution in [0, 0.1) is 38.6 Å². The van der Waals surface area contributed by atoms with Crippen LogP contribution in [0.25, 0.3) is 0 Å². The van der Waals surface area contributed by atoms with E-state index in [9.17, 15) is 15.3 Å². The maximum atomic E-state index is 9.30. The second-order valence-corrected chi connectivity index (χ2v) is 2.11. The van der Waals surface area contributed by atoms with E-state index in [0.29, 0.717) is 0 Å². The smallest absolute Gasteiger partial charge is 0.854 e. The SMILES string of the molecule is CCC[O-].CCC[O-].CCC[O-].[Tb+3]. The topological polar surface area (TPSA) is 69.2 Å². The zero-order chi connectivity index (χ0) is 10.2. The van der Waals surface area contributed by atoms with Gasteiger partial charge < -0.3 is 15.3 Å². The standard InChI is InChI=1S/3C3H7O.Tb/c3*1-2-3-4;/h3*2-3H2,1H3;/q3*-1;+3. The van der Waals surface area contributed by atoms with Crippen LogP contribution in [0.4, 0.5) is 0 Å². The molecule has 0 aliphatic carbocycles. The molecule has 0 saturated carbocycles. The van der Waals surface area contributed by atoms with Gasteiger partial charge in [0.2, 0.25) is 0 Å². The van der Waals surface area contributed by atoms with Gasteiger partial charge in [0.15, 0.2) is 0 Å². The summed E-state index contributed by atoms with van der Waals surface area (Å²) in [6.07, 6.45) is 2.29. The first-order valence-corrected chi connectivity index (χ1v) is 4.49. The monoisotopic (exact) mass is 336 g/mol. The Bertz CT molecular complexity index is 30.3. The average molecular weight is 336 g/mol. The van der Waals surface area contributed by atoms with Crippen LogP contribution in [0.1, 0.15) is 40.0 Å². The summed E-state index contributed by atoms with van der Waals surface area (Å²) >= 11 is 0. The van der Waals surface area contributed by atoms with Crippen molar-refractivity contribution in [1.29, 1.82) is 0 Å². The molecule has 84 valence electrons. The zero-order valence-corrected chi connectivity index (χ0v) is 10.9. The van der Waals surface area contributed by atoms with Crippen LogP contribution in [0.15, 0.2) is 0 Å². The largest absolute Gasteiger partial charge is 3.00 e. The molecule has 0 aromatic rings. The molecule has 0 fully saturated rings. The summed E-state index contributed by atoms with van der Waals surface area (Å²) in [4.78, 5) is 0. The van der Waals surface area contributed by atoms with E-state index >= 15 is 0 Å². The minimum atomic E-state index is 0. The molecule has 0 spiro atoms. The van der Waals surface area contributed by atoms with Crippen LogP contribution < -0.4 is 15.3 Å². The van der Waals surface area contributed by atoms with E-state index in [1.54, 1.807) is 0 Å². The van der Waals surface area contributed by atoms with E-state index in [4.69, 9.17) is 0 Å². The van der Waals surface area contributed by atoms with Gasteiger partial charge in [0.1, 0.15) is 0 Å². The molecule has 0 radical (unpaired) electrons. The van der Waals surface area contributed by atoms with Crippen molar-refractivity contribution >= 4 is 0 Å².